The van der Waals surface area contributed by atoms with Crippen molar-refractivity contribution in [3.8, 4) is 0 Å². The summed E-state index contributed by atoms with van der Waals surface area (Å²) in [7, 11) is 0. The Bertz CT molecular complexity index is 747. The molecule has 3 heteroatoms. The molecule has 1 N–H and O–H groups in total. The highest BCUT2D eigenvalue weighted by Gasteiger charge is 2.42. The lowest BCUT2D eigenvalue weighted by atomic mass is 9.84. The molecule has 0 aliphatic heterocycles. The van der Waals surface area contributed by atoms with Crippen LogP contribution in [0.4, 0.5) is 0 Å². The molecule has 3 nitrogen and oxygen atoms in total. The average molecular weight is 325 g/mol. The van der Waals surface area contributed by atoms with Gasteiger partial charge in [-0.25, -0.2) is 0 Å². The van der Waals surface area contributed by atoms with Crippen LogP contribution in [0.1, 0.15) is 50.7 Å². The molecule has 2 fully saturated rings. The number of furan rings is 1. The molecule has 4 rings (SSSR count). The summed E-state index contributed by atoms with van der Waals surface area (Å²) < 4.78 is 5.66. The molecule has 0 spiro atoms. The van der Waals surface area contributed by atoms with E-state index in [2.05, 4.69) is 37.4 Å². The third kappa shape index (κ3) is 2.85. The zero-order chi connectivity index (χ0) is 16.7. The number of benzene rings is 1. The molecule has 2 aromatic rings. The number of nitrogens with one attached hydrogen (secondary N) is 1. The number of fused-ring (bicyclic) bond motifs is 3. The largest absolute Gasteiger partial charge is 0.464 e. The van der Waals surface area contributed by atoms with E-state index < -0.39 is 0 Å². The highest BCUT2D eigenvalue weighted by atomic mass is 16.3. The fraction of sp³-hybridized carbons (Fsp3) is 0.571. The molecule has 2 aliphatic carbocycles. The Labute approximate surface area is 143 Å². The number of carbonyl (C=O) groups is 1. The molecule has 0 saturated heterocycles. The van der Waals surface area contributed by atoms with Gasteiger partial charge < -0.3 is 9.73 Å². The molecule has 2 aliphatic rings. The van der Waals surface area contributed by atoms with Crippen LogP contribution in [-0.2, 0) is 17.6 Å². The third-order valence-electron chi connectivity index (χ3n) is 6.30. The van der Waals surface area contributed by atoms with Gasteiger partial charge in [0.1, 0.15) is 5.58 Å². The van der Waals surface area contributed by atoms with E-state index in [1.807, 2.05) is 0 Å². The first-order chi connectivity index (χ1) is 11.6. The van der Waals surface area contributed by atoms with Crippen LogP contribution in [0.15, 0.2) is 28.9 Å². The summed E-state index contributed by atoms with van der Waals surface area (Å²) in [5, 5.41) is 4.32. The maximum atomic E-state index is 12.5. The van der Waals surface area contributed by atoms with Crippen molar-refractivity contribution < 1.29 is 9.21 Å². The smallest absolute Gasteiger partial charge is 0.224 e. The van der Waals surface area contributed by atoms with Gasteiger partial charge in [0.15, 0.2) is 0 Å². The van der Waals surface area contributed by atoms with Gasteiger partial charge in [0.25, 0.3) is 0 Å². The van der Waals surface area contributed by atoms with Crippen molar-refractivity contribution in [1.29, 1.82) is 0 Å². The van der Waals surface area contributed by atoms with Crippen molar-refractivity contribution in [3.63, 3.8) is 0 Å². The first kappa shape index (κ1) is 15.7. The summed E-state index contributed by atoms with van der Waals surface area (Å²) in [5.41, 5.74) is 3.14. The number of rotatable bonds is 5. The first-order valence-electron chi connectivity index (χ1n) is 9.42. The lowest BCUT2D eigenvalue weighted by molar-refractivity contribution is -0.121. The van der Waals surface area contributed by atoms with E-state index in [0.717, 1.165) is 34.8 Å². The summed E-state index contributed by atoms with van der Waals surface area (Å²) >= 11 is 0. The minimum Gasteiger partial charge on any atom is -0.464 e. The lowest BCUT2D eigenvalue weighted by Crippen LogP contribution is -2.40. The van der Waals surface area contributed by atoms with Crippen molar-refractivity contribution in [2.24, 2.45) is 17.8 Å². The van der Waals surface area contributed by atoms with Crippen LogP contribution in [0.5, 0.6) is 0 Å². The zero-order valence-corrected chi connectivity index (χ0v) is 14.7. The quantitative estimate of drug-likeness (QED) is 0.881. The van der Waals surface area contributed by atoms with Crippen LogP contribution in [0.25, 0.3) is 11.0 Å². The molecular weight excluding hydrogens is 298 g/mol. The molecule has 2 bridgehead atoms. The highest BCUT2D eigenvalue weighted by molar-refractivity contribution is 5.88. The van der Waals surface area contributed by atoms with Gasteiger partial charge in [-0.2, -0.15) is 0 Å². The van der Waals surface area contributed by atoms with Gasteiger partial charge >= 0.3 is 0 Å². The van der Waals surface area contributed by atoms with E-state index in [-0.39, 0.29) is 11.9 Å². The predicted molar refractivity (Wildman–Crippen MR) is 95.8 cm³/mol. The molecule has 1 aromatic carbocycles. The van der Waals surface area contributed by atoms with E-state index in [9.17, 15) is 4.79 Å². The number of hydrogen-bond acceptors (Lipinski definition) is 2. The minimum absolute atomic E-state index is 0.118. The van der Waals surface area contributed by atoms with E-state index >= 15 is 0 Å². The third-order valence-corrected chi connectivity index (χ3v) is 6.30. The topological polar surface area (TPSA) is 42.2 Å². The standard InChI is InChI=1S/C21H27NO2/c1-3-14-5-7-18-17(12-24-20(18)10-14)11-21(23)22-13(2)19-9-15-4-6-16(19)8-15/h5,7,10,12-13,15-16,19H,3-4,6,8-9,11H2,1-2H3,(H,22,23). The second-order valence-corrected chi connectivity index (χ2v) is 7.82. The minimum atomic E-state index is 0.118. The Morgan fingerprint density at radius 3 is 2.92 bits per heavy atom. The second-order valence-electron chi connectivity index (χ2n) is 7.82. The fourth-order valence-corrected chi connectivity index (χ4v) is 4.98. The van der Waals surface area contributed by atoms with Crippen LogP contribution in [0.3, 0.4) is 0 Å². The van der Waals surface area contributed by atoms with Crippen LogP contribution >= 0.6 is 0 Å². The van der Waals surface area contributed by atoms with Crippen LogP contribution in [-0.4, -0.2) is 11.9 Å². The van der Waals surface area contributed by atoms with Crippen molar-refractivity contribution >= 4 is 16.9 Å². The summed E-state index contributed by atoms with van der Waals surface area (Å²) in [6.45, 7) is 4.32. The molecule has 0 radical (unpaired) electrons. The Kier molecular flexibility index (Phi) is 4.11. The van der Waals surface area contributed by atoms with Crippen LogP contribution < -0.4 is 5.32 Å². The maximum absolute atomic E-state index is 12.5. The fourth-order valence-electron chi connectivity index (χ4n) is 4.98. The van der Waals surface area contributed by atoms with Gasteiger partial charge in [0.05, 0.1) is 12.7 Å². The summed E-state index contributed by atoms with van der Waals surface area (Å²) in [4.78, 5) is 12.5. The van der Waals surface area contributed by atoms with Crippen molar-refractivity contribution in [1.82, 2.24) is 5.32 Å². The van der Waals surface area contributed by atoms with Gasteiger partial charge in [-0.15, -0.1) is 0 Å². The molecule has 1 amide bonds. The number of hydrogen-bond donors (Lipinski definition) is 1. The second kappa shape index (κ2) is 6.27. The number of carbonyl (C=O) groups excluding carboxylic acids is 1. The lowest BCUT2D eigenvalue weighted by Gasteiger charge is -2.28. The molecule has 4 unspecified atom stereocenters. The molecule has 2 saturated carbocycles. The molecule has 128 valence electrons. The SMILES string of the molecule is CCc1ccc2c(CC(=O)NC(C)C3CC4CCC3C4)coc2c1. The molecule has 1 aromatic heterocycles. The molecule has 24 heavy (non-hydrogen) atoms. The molecule has 1 heterocycles. The van der Waals surface area contributed by atoms with Gasteiger partial charge in [0.2, 0.25) is 5.91 Å². The Morgan fingerprint density at radius 2 is 2.21 bits per heavy atom. The summed E-state index contributed by atoms with van der Waals surface area (Å²) in [5.74, 6) is 2.56. The van der Waals surface area contributed by atoms with E-state index in [1.165, 1.54) is 31.2 Å². The predicted octanol–water partition coefficient (Wildman–Crippen LogP) is 4.48. The number of aryl methyl sites for hydroxylation is 1. The molecular formula is C21H27NO2. The number of amides is 1. The zero-order valence-electron chi connectivity index (χ0n) is 14.7. The van der Waals surface area contributed by atoms with Crippen molar-refractivity contribution in [2.75, 3.05) is 0 Å². The Morgan fingerprint density at radius 1 is 1.33 bits per heavy atom. The van der Waals surface area contributed by atoms with Gasteiger partial charge in [0, 0.05) is 17.0 Å². The van der Waals surface area contributed by atoms with Crippen LogP contribution in [0.2, 0.25) is 0 Å². The molecule has 4 atom stereocenters. The normalized spacial score (nSPS) is 26.8. The van der Waals surface area contributed by atoms with Crippen LogP contribution in [0, 0.1) is 17.8 Å². The Balaban J connectivity index is 1.41. The summed E-state index contributed by atoms with van der Waals surface area (Å²) in [6, 6.07) is 6.57. The van der Waals surface area contributed by atoms with Gasteiger partial charge in [-0.05, 0) is 62.0 Å². The summed E-state index contributed by atoms with van der Waals surface area (Å²) in [6.07, 6.45) is 8.60. The Hall–Kier alpha value is -1.77. The van der Waals surface area contributed by atoms with E-state index in [4.69, 9.17) is 4.42 Å². The first-order valence-corrected chi connectivity index (χ1v) is 9.42. The highest BCUT2D eigenvalue weighted by Crippen LogP contribution is 2.49. The van der Waals surface area contributed by atoms with E-state index in [0.29, 0.717) is 12.3 Å². The maximum Gasteiger partial charge on any atom is 0.224 e. The average Bonchev–Trinajstić information content (AvgIpc) is 3.30. The van der Waals surface area contributed by atoms with Crippen molar-refractivity contribution in [3.05, 3.63) is 35.6 Å². The van der Waals surface area contributed by atoms with Gasteiger partial charge in [-0.3, -0.25) is 4.79 Å². The van der Waals surface area contributed by atoms with Crippen molar-refractivity contribution in [2.45, 2.75) is 58.4 Å². The monoisotopic (exact) mass is 325 g/mol. The van der Waals surface area contributed by atoms with E-state index in [1.54, 1.807) is 6.26 Å². The van der Waals surface area contributed by atoms with Gasteiger partial charge in [-0.1, -0.05) is 25.5 Å².